The molecule has 0 spiro atoms. The van der Waals surface area contributed by atoms with Crippen molar-refractivity contribution < 1.29 is 4.79 Å². The Morgan fingerprint density at radius 2 is 1.87 bits per heavy atom. The first-order chi connectivity index (χ1) is 14.7. The normalized spacial score (nSPS) is 11.9. The van der Waals surface area contributed by atoms with Crippen LogP contribution in [0.1, 0.15) is 29.5 Å². The number of amides is 2. The molecule has 0 saturated heterocycles. The number of carbonyl (C=O) groups is 1. The SMILES string of the molecule is CCc1ccc(NC(=O)NC[C@@H](c2cccnc2)c2cn(C)c3ccccc23)cc1. The number of anilines is 1. The third-order valence-corrected chi connectivity index (χ3v) is 5.48. The van der Waals surface area contributed by atoms with Crippen LogP contribution in [0.3, 0.4) is 0 Å². The minimum Gasteiger partial charge on any atom is -0.350 e. The summed E-state index contributed by atoms with van der Waals surface area (Å²) in [6.45, 7) is 2.58. The summed E-state index contributed by atoms with van der Waals surface area (Å²) in [5, 5.41) is 7.15. The number of fused-ring (bicyclic) bond motifs is 1. The molecule has 152 valence electrons. The number of pyridine rings is 1. The number of benzene rings is 2. The van der Waals surface area contributed by atoms with E-state index in [2.05, 4.69) is 51.5 Å². The number of nitrogens with zero attached hydrogens (tertiary/aromatic N) is 2. The molecular formula is C25H26N4O. The lowest BCUT2D eigenvalue weighted by molar-refractivity contribution is 0.252. The number of aryl methyl sites for hydroxylation is 2. The first-order valence-corrected chi connectivity index (χ1v) is 10.2. The zero-order valence-electron chi connectivity index (χ0n) is 17.3. The minimum absolute atomic E-state index is 0.00184. The van der Waals surface area contributed by atoms with Gasteiger partial charge in [-0.2, -0.15) is 0 Å². The molecule has 0 aliphatic carbocycles. The number of nitrogens with one attached hydrogen (secondary N) is 2. The Labute approximate surface area is 176 Å². The van der Waals surface area contributed by atoms with Gasteiger partial charge >= 0.3 is 6.03 Å². The fourth-order valence-electron chi connectivity index (χ4n) is 3.83. The van der Waals surface area contributed by atoms with Gasteiger partial charge in [-0.05, 0) is 47.4 Å². The van der Waals surface area contributed by atoms with Crippen LogP contribution >= 0.6 is 0 Å². The maximum atomic E-state index is 12.6. The quantitative estimate of drug-likeness (QED) is 0.475. The number of urea groups is 1. The Balaban J connectivity index is 1.55. The Morgan fingerprint density at radius 1 is 1.07 bits per heavy atom. The number of hydrogen-bond acceptors (Lipinski definition) is 2. The zero-order valence-corrected chi connectivity index (χ0v) is 17.3. The van der Waals surface area contributed by atoms with Gasteiger partial charge in [0.1, 0.15) is 0 Å². The van der Waals surface area contributed by atoms with E-state index in [1.807, 2.05) is 55.7 Å². The van der Waals surface area contributed by atoms with Crippen molar-refractivity contribution in [2.45, 2.75) is 19.3 Å². The van der Waals surface area contributed by atoms with Gasteiger partial charge in [-0.1, -0.05) is 43.3 Å². The molecule has 1 atom stereocenters. The maximum absolute atomic E-state index is 12.6. The van der Waals surface area contributed by atoms with Gasteiger partial charge in [-0.3, -0.25) is 4.98 Å². The van der Waals surface area contributed by atoms with Crippen molar-refractivity contribution in [2.75, 3.05) is 11.9 Å². The van der Waals surface area contributed by atoms with Gasteiger partial charge in [0.05, 0.1) is 0 Å². The van der Waals surface area contributed by atoms with Gasteiger partial charge in [0.25, 0.3) is 0 Å². The lowest BCUT2D eigenvalue weighted by atomic mass is 9.92. The summed E-state index contributed by atoms with van der Waals surface area (Å²) in [5.74, 6) is -0.00184. The molecular weight excluding hydrogens is 372 g/mol. The van der Waals surface area contributed by atoms with Crippen molar-refractivity contribution in [1.29, 1.82) is 0 Å². The molecule has 0 aliphatic heterocycles. The van der Waals surface area contributed by atoms with E-state index < -0.39 is 0 Å². The lowest BCUT2D eigenvalue weighted by Crippen LogP contribution is -2.32. The third-order valence-electron chi connectivity index (χ3n) is 5.48. The number of aromatic nitrogens is 2. The summed E-state index contributed by atoms with van der Waals surface area (Å²) in [5.41, 5.74) is 5.44. The second kappa shape index (κ2) is 8.82. The zero-order chi connectivity index (χ0) is 20.9. The average Bonchev–Trinajstić information content (AvgIpc) is 3.12. The Bertz CT molecular complexity index is 1130. The summed E-state index contributed by atoms with van der Waals surface area (Å²) in [4.78, 5) is 16.9. The van der Waals surface area contributed by atoms with E-state index in [4.69, 9.17) is 0 Å². The molecule has 2 amide bonds. The summed E-state index contributed by atoms with van der Waals surface area (Å²) < 4.78 is 2.13. The van der Waals surface area contributed by atoms with Crippen LogP contribution in [0.15, 0.2) is 79.3 Å². The third kappa shape index (κ3) is 4.20. The molecule has 2 aromatic carbocycles. The highest BCUT2D eigenvalue weighted by atomic mass is 16.2. The van der Waals surface area contributed by atoms with Crippen molar-refractivity contribution in [3.8, 4) is 0 Å². The van der Waals surface area contributed by atoms with Gasteiger partial charge in [0.2, 0.25) is 0 Å². The number of hydrogen-bond donors (Lipinski definition) is 2. The first kappa shape index (κ1) is 19.7. The molecule has 0 aliphatic rings. The van der Waals surface area contributed by atoms with Gasteiger partial charge in [-0.15, -0.1) is 0 Å². The van der Waals surface area contributed by atoms with Gasteiger partial charge in [0.15, 0.2) is 0 Å². The van der Waals surface area contributed by atoms with Crippen LogP contribution < -0.4 is 10.6 Å². The lowest BCUT2D eigenvalue weighted by Gasteiger charge is -2.18. The fraction of sp³-hybridized carbons (Fsp3) is 0.200. The van der Waals surface area contributed by atoms with Crippen molar-refractivity contribution in [3.63, 3.8) is 0 Å². The van der Waals surface area contributed by atoms with Gasteiger partial charge in [0, 0.05) is 54.7 Å². The molecule has 4 aromatic rings. The highest BCUT2D eigenvalue weighted by Gasteiger charge is 2.20. The maximum Gasteiger partial charge on any atom is 0.319 e. The van der Waals surface area contributed by atoms with Crippen molar-refractivity contribution in [3.05, 3.63) is 95.9 Å². The van der Waals surface area contributed by atoms with Gasteiger partial charge in [-0.25, -0.2) is 4.79 Å². The highest BCUT2D eigenvalue weighted by molar-refractivity contribution is 5.89. The summed E-state index contributed by atoms with van der Waals surface area (Å²) in [6.07, 6.45) is 6.76. The molecule has 2 aromatic heterocycles. The van der Waals surface area contributed by atoms with E-state index in [9.17, 15) is 4.79 Å². The second-order valence-corrected chi connectivity index (χ2v) is 7.44. The van der Waals surface area contributed by atoms with Crippen LogP contribution in [0.4, 0.5) is 10.5 Å². The van der Waals surface area contributed by atoms with Crippen LogP contribution in [0.2, 0.25) is 0 Å². The van der Waals surface area contributed by atoms with Gasteiger partial charge < -0.3 is 15.2 Å². The molecule has 5 nitrogen and oxygen atoms in total. The highest BCUT2D eigenvalue weighted by Crippen LogP contribution is 2.31. The fourth-order valence-corrected chi connectivity index (χ4v) is 3.83. The smallest absolute Gasteiger partial charge is 0.319 e. The summed E-state index contributed by atoms with van der Waals surface area (Å²) >= 11 is 0. The van der Waals surface area contributed by atoms with E-state index in [0.29, 0.717) is 6.54 Å². The predicted molar refractivity (Wildman–Crippen MR) is 122 cm³/mol. The van der Waals surface area contributed by atoms with E-state index in [1.165, 1.54) is 22.0 Å². The van der Waals surface area contributed by atoms with Crippen LogP contribution in [0, 0.1) is 0 Å². The Kier molecular flexibility index (Phi) is 5.80. The van der Waals surface area contributed by atoms with E-state index >= 15 is 0 Å². The standard InChI is InChI=1S/C25H26N4O/c1-3-18-10-12-20(13-11-18)28-25(30)27-16-22(19-7-6-14-26-15-19)23-17-29(2)24-9-5-4-8-21(23)24/h4-15,17,22H,3,16H2,1-2H3,(H2,27,28,30)/t22-/m0/s1. The molecule has 0 radical (unpaired) electrons. The predicted octanol–water partition coefficient (Wildman–Crippen LogP) is 5.09. The largest absolute Gasteiger partial charge is 0.350 e. The number of carbonyl (C=O) groups excluding carboxylic acids is 1. The average molecular weight is 399 g/mol. The second-order valence-electron chi connectivity index (χ2n) is 7.44. The van der Waals surface area contributed by atoms with E-state index in [1.54, 1.807) is 6.20 Å². The molecule has 2 N–H and O–H groups in total. The molecule has 30 heavy (non-hydrogen) atoms. The number of para-hydroxylation sites is 1. The van der Waals surface area contributed by atoms with Crippen LogP contribution in [0.25, 0.3) is 10.9 Å². The van der Waals surface area contributed by atoms with Crippen molar-refractivity contribution in [1.82, 2.24) is 14.9 Å². The Morgan fingerprint density at radius 3 is 2.60 bits per heavy atom. The van der Waals surface area contributed by atoms with Crippen molar-refractivity contribution in [2.24, 2.45) is 7.05 Å². The van der Waals surface area contributed by atoms with Crippen LogP contribution in [0.5, 0.6) is 0 Å². The molecule has 5 heteroatoms. The van der Waals surface area contributed by atoms with Crippen LogP contribution in [-0.4, -0.2) is 22.1 Å². The number of rotatable bonds is 6. The molecule has 0 fully saturated rings. The molecule has 0 bridgehead atoms. The summed E-state index contributed by atoms with van der Waals surface area (Å²) in [6, 6.07) is 20.0. The van der Waals surface area contributed by atoms with E-state index in [0.717, 1.165) is 17.7 Å². The van der Waals surface area contributed by atoms with Crippen LogP contribution in [-0.2, 0) is 13.5 Å². The molecule has 0 saturated carbocycles. The monoisotopic (exact) mass is 398 g/mol. The first-order valence-electron chi connectivity index (χ1n) is 10.2. The Hall–Kier alpha value is -3.60. The topological polar surface area (TPSA) is 59.0 Å². The van der Waals surface area contributed by atoms with Crippen molar-refractivity contribution >= 4 is 22.6 Å². The molecule has 2 heterocycles. The molecule has 0 unspecified atom stereocenters. The summed E-state index contributed by atoms with van der Waals surface area (Å²) in [7, 11) is 2.05. The molecule has 4 rings (SSSR count). The van der Waals surface area contributed by atoms with E-state index in [-0.39, 0.29) is 11.9 Å². The minimum atomic E-state index is -0.214.